The van der Waals surface area contributed by atoms with E-state index in [2.05, 4.69) is 5.32 Å². The molecule has 0 saturated carbocycles. The Morgan fingerprint density at radius 1 is 1.00 bits per heavy atom. The highest BCUT2D eigenvalue weighted by atomic mass is 16.7. The maximum absolute atomic E-state index is 11.7. The summed E-state index contributed by atoms with van der Waals surface area (Å²) in [4.78, 5) is 11.7. The number of carbonyl (C=O) groups excluding carboxylic acids is 1. The molecule has 4 heteroatoms. The highest BCUT2D eigenvalue weighted by molar-refractivity contribution is 5.79. The minimum absolute atomic E-state index is 0.0381. The summed E-state index contributed by atoms with van der Waals surface area (Å²) in [6.07, 6.45) is 1.97. The molecule has 2 heterocycles. The minimum Gasteiger partial charge on any atom is -0.339 e. The van der Waals surface area contributed by atoms with E-state index in [1.165, 1.54) is 0 Å². The summed E-state index contributed by atoms with van der Waals surface area (Å²) in [6.45, 7) is 1.29. The number of nitrogens with one attached hydrogen (secondary N) is 1. The third-order valence-corrected chi connectivity index (χ3v) is 4.97. The molecule has 0 aliphatic carbocycles. The number of hydrogen-bond acceptors (Lipinski definition) is 4. The number of ether oxygens (including phenoxy) is 2. The van der Waals surface area contributed by atoms with Crippen molar-refractivity contribution in [1.82, 2.24) is 5.32 Å². The molecule has 0 unspecified atom stereocenters. The Labute approximate surface area is 148 Å². The zero-order valence-corrected chi connectivity index (χ0v) is 14.2. The van der Waals surface area contributed by atoms with Gasteiger partial charge >= 0.3 is 0 Å². The van der Waals surface area contributed by atoms with E-state index in [-0.39, 0.29) is 12.1 Å². The average Bonchev–Trinajstić information content (AvgIpc) is 3.08. The van der Waals surface area contributed by atoms with Crippen LogP contribution in [0.3, 0.4) is 0 Å². The maximum atomic E-state index is 11.7. The highest BCUT2D eigenvalue weighted by Crippen LogP contribution is 2.41. The van der Waals surface area contributed by atoms with Gasteiger partial charge < -0.3 is 14.8 Å². The van der Waals surface area contributed by atoms with Crippen LogP contribution in [0.1, 0.15) is 30.4 Å². The number of benzene rings is 2. The minimum atomic E-state index is -0.869. The summed E-state index contributed by atoms with van der Waals surface area (Å²) in [6, 6.07) is 20.3. The topological polar surface area (TPSA) is 47.6 Å². The van der Waals surface area contributed by atoms with E-state index >= 15 is 0 Å². The molecule has 0 amide bonds. The summed E-state index contributed by atoms with van der Waals surface area (Å²) >= 11 is 0. The molecule has 2 aromatic carbocycles. The summed E-state index contributed by atoms with van der Waals surface area (Å²) in [7, 11) is 0. The normalized spacial score (nSPS) is 25.8. The zero-order chi connectivity index (χ0) is 17.1. The number of Topliss-reactive ketones (excluding diaryl/α,β-unsaturated/α-hetero) is 1. The van der Waals surface area contributed by atoms with Crippen molar-refractivity contribution in [2.24, 2.45) is 0 Å². The smallest absolute Gasteiger partial charge is 0.222 e. The maximum Gasteiger partial charge on any atom is 0.222 e. The molecule has 1 N–H and O–H groups in total. The fourth-order valence-electron chi connectivity index (χ4n) is 3.76. The first-order valence-electron chi connectivity index (χ1n) is 8.94. The molecule has 2 aliphatic heterocycles. The number of piperidine rings is 1. The van der Waals surface area contributed by atoms with Crippen LogP contribution in [-0.4, -0.2) is 31.1 Å². The summed E-state index contributed by atoms with van der Waals surface area (Å²) < 4.78 is 12.7. The van der Waals surface area contributed by atoms with Gasteiger partial charge in [-0.2, -0.15) is 0 Å². The number of rotatable bonds is 4. The Hall–Kier alpha value is -2.01. The molecule has 0 aromatic heterocycles. The predicted octanol–water partition coefficient (Wildman–Crippen LogP) is 3.01. The van der Waals surface area contributed by atoms with Crippen LogP contribution in [0.15, 0.2) is 60.7 Å². The Morgan fingerprint density at radius 2 is 1.64 bits per heavy atom. The molecule has 4 nitrogen and oxygen atoms in total. The second kappa shape index (κ2) is 7.08. The van der Waals surface area contributed by atoms with Gasteiger partial charge in [0.15, 0.2) is 0 Å². The largest absolute Gasteiger partial charge is 0.339 e. The fourth-order valence-corrected chi connectivity index (χ4v) is 3.76. The third kappa shape index (κ3) is 3.38. The van der Waals surface area contributed by atoms with E-state index in [0.717, 1.165) is 24.1 Å². The van der Waals surface area contributed by atoms with E-state index in [9.17, 15) is 4.79 Å². The lowest BCUT2D eigenvalue weighted by atomic mass is 9.97. The second-order valence-electron chi connectivity index (χ2n) is 6.78. The third-order valence-electron chi connectivity index (χ3n) is 4.97. The van der Waals surface area contributed by atoms with Crippen LogP contribution in [0.25, 0.3) is 0 Å². The van der Waals surface area contributed by atoms with Crippen molar-refractivity contribution in [1.29, 1.82) is 0 Å². The van der Waals surface area contributed by atoms with Crippen molar-refractivity contribution >= 4 is 5.78 Å². The van der Waals surface area contributed by atoms with Gasteiger partial charge in [0.2, 0.25) is 5.79 Å². The van der Waals surface area contributed by atoms with Gasteiger partial charge in [0.25, 0.3) is 0 Å². The van der Waals surface area contributed by atoms with Crippen molar-refractivity contribution in [3.05, 3.63) is 71.8 Å². The van der Waals surface area contributed by atoms with E-state index < -0.39 is 5.79 Å². The second-order valence-corrected chi connectivity index (χ2v) is 6.78. The molecule has 0 radical (unpaired) electrons. The van der Waals surface area contributed by atoms with Crippen molar-refractivity contribution in [3.8, 4) is 0 Å². The van der Waals surface area contributed by atoms with Crippen molar-refractivity contribution < 1.29 is 14.3 Å². The zero-order valence-electron chi connectivity index (χ0n) is 14.2. The van der Waals surface area contributed by atoms with Crippen molar-refractivity contribution in [3.63, 3.8) is 0 Å². The lowest BCUT2D eigenvalue weighted by Gasteiger charge is -2.30. The van der Waals surface area contributed by atoms with E-state index in [4.69, 9.17) is 9.47 Å². The molecule has 2 saturated heterocycles. The van der Waals surface area contributed by atoms with Crippen LogP contribution in [0.2, 0.25) is 0 Å². The van der Waals surface area contributed by atoms with Gasteiger partial charge in [0, 0.05) is 36.6 Å². The first-order chi connectivity index (χ1) is 12.3. The van der Waals surface area contributed by atoms with Gasteiger partial charge in [0.05, 0.1) is 12.7 Å². The Kier molecular flexibility index (Phi) is 4.66. The van der Waals surface area contributed by atoms with Crippen LogP contribution in [0, 0.1) is 0 Å². The predicted molar refractivity (Wildman–Crippen MR) is 95.1 cm³/mol. The fraction of sp³-hybridized carbons (Fsp3) is 0.381. The van der Waals surface area contributed by atoms with E-state index in [0.29, 0.717) is 25.2 Å². The first-order valence-corrected chi connectivity index (χ1v) is 8.94. The standard InChI is InChI=1S/C21H23NO3/c23-19-11-12-22-18(13-19)14-20-15-24-21(25-20,16-7-3-1-4-8-16)17-9-5-2-6-10-17/h1-10,18,20,22H,11-15H2/t18-,20+/m0/s1. The summed E-state index contributed by atoms with van der Waals surface area (Å²) in [5.74, 6) is -0.536. The van der Waals surface area contributed by atoms with Gasteiger partial charge in [-0.3, -0.25) is 4.79 Å². The van der Waals surface area contributed by atoms with Crippen LogP contribution in [0.4, 0.5) is 0 Å². The number of hydrogen-bond donors (Lipinski definition) is 1. The van der Waals surface area contributed by atoms with Crippen LogP contribution < -0.4 is 5.32 Å². The van der Waals surface area contributed by atoms with Gasteiger partial charge in [-0.25, -0.2) is 0 Å². The SMILES string of the molecule is O=C1CCN[C@H](C[C@@H]2COC(c3ccccc3)(c3ccccc3)O2)C1. The van der Waals surface area contributed by atoms with Gasteiger partial charge in [-0.05, 0) is 6.42 Å². The molecule has 2 fully saturated rings. The molecule has 4 rings (SSSR count). The average molecular weight is 337 g/mol. The highest BCUT2D eigenvalue weighted by Gasteiger charge is 2.45. The lowest BCUT2D eigenvalue weighted by Crippen LogP contribution is -2.41. The Morgan fingerprint density at radius 3 is 2.24 bits per heavy atom. The van der Waals surface area contributed by atoms with Gasteiger partial charge in [-0.1, -0.05) is 60.7 Å². The monoisotopic (exact) mass is 337 g/mol. The molecule has 2 atom stereocenters. The Balaban J connectivity index is 1.58. The molecule has 25 heavy (non-hydrogen) atoms. The molecule has 0 bridgehead atoms. The Bertz CT molecular complexity index is 677. The molecular formula is C21H23NO3. The molecule has 2 aromatic rings. The molecule has 0 spiro atoms. The van der Waals surface area contributed by atoms with Crippen LogP contribution in [0.5, 0.6) is 0 Å². The van der Waals surface area contributed by atoms with Crippen LogP contribution in [-0.2, 0) is 20.1 Å². The van der Waals surface area contributed by atoms with E-state index in [1.54, 1.807) is 0 Å². The summed E-state index contributed by atoms with van der Waals surface area (Å²) in [5, 5.41) is 3.43. The summed E-state index contributed by atoms with van der Waals surface area (Å²) in [5.41, 5.74) is 1.99. The first kappa shape index (κ1) is 16.5. The quantitative estimate of drug-likeness (QED) is 0.932. The molecule has 130 valence electrons. The van der Waals surface area contributed by atoms with E-state index in [1.807, 2.05) is 60.7 Å². The van der Waals surface area contributed by atoms with Crippen molar-refractivity contribution in [2.75, 3.05) is 13.2 Å². The number of ketones is 1. The van der Waals surface area contributed by atoms with Crippen LogP contribution >= 0.6 is 0 Å². The lowest BCUT2D eigenvalue weighted by molar-refractivity contribution is -0.144. The van der Waals surface area contributed by atoms with Gasteiger partial charge in [0.1, 0.15) is 5.78 Å². The molecular weight excluding hydrogens is 314 g/mol. The van der Waals surface area contributed by atoms with Gasteiger partial charge in [-0.15, -0.1) is 0 Å². The molecule has 2 aliphatic rings. The number of carbonyl (C=O) groups is 1. The van der Waals surface area contributed by atoms with Crippen molar-refractivity contribution in [2.45, 2.75) is 37.2 Å².